The summed E-state index contributed by atoms with van der Waals surface area (Å²) in [6.45, 7) is 0.00824. The van der Waals surface area contributed by atoms with E-state index < -0.39 is 22.5 Å². The molecule has 1 fully saturated rings. The van der Waals surface area contributed by atoms with Crippen LogP contribution < -0.4 is 5.32 Å². The van der Waals surface area contributed by atoms with E-state index in [0.717, 1.165) is 5.56 Å². The Balaban J connectivity index is 1.95. The van der Waals surface area contributed by atoms with Crippen molar-refractivity contribution in [3.05, 3.63) is 46.0 Å². The van der Waals surface area contributed by atoms with Crippen LogP contribution in [0.15, 0.2) is 30.3 Å². The van der Waals surface area contributed by atoms with Crippen molar-refractivity contribution in [2.75, 3.05) is 19.8 Å². The molecule has 0 aliphatic carbocycles. The number of aliphatic carboxylic acids is 1. The number of carbonyl (C=O) groups is 1. The second kappa shape index (κ2) is 6.64. The number of aryl methyl sites for hydroxylation is 1. The summed E-state index contributed by atoms with van der Waals surface area (Å²) in [5.74, 6) is -0.999. The van der Waals surface area contributed by atoms with Gasteiger partial charge in [0.05, 0.1) is 13.2 Å². The molecule has 0 radical (unpaired) electrons. The Labute approximate surface area is 122 Å². The van der Waals surface area contributed by atoms with E-state index in [9.17, 15) is 20.0 Å². The van der Waals surface area contributed by atoms with Crippen LogP contribution in [0.4, 0.5) is 0 Å². The summed E-state index contributed by atoms with van der Waals surface area (Å²) in [5, 5.41) is 22.9. The molecule has 0 bridgehead atoms. The van der Waals surface area contributed by atoms with Crippen LogP contribution in [0, 0.1) is 10.1 Å². The first-order valence-electron chi connectivity index (χ1n) is 6.75. The van der Waals surface area contributed by atoms with Gasteiger partial charge in [-0.25, -0.2) is 0 Å². The molecule has 0 aromatic heterocycles. The maximum atomic E-state index is 11.4. The predicted octanol–water partition coefficient (Wildman–Crippen LogP) is 0.708. The van der Waals surface area contributed by atoms with Crippen molar-refractivity contribution in [1.82, 2.24) is 5.32 Å². The quantitative estimate of drug-likeness (QED) is 0.541. The maximum absolute atomic E-state index is 11.4. The first kappa shape index (κ1) is 15.4. The SMILES string of the molecule is O=C(O)[C@H](CCc1ccccc1)NC1(C[N+](=O)[O-])COC1. The molecule has 7 nitrogen and oxygen atoms in total. The van der Waals surface area contributed by atoms with E-state index in [0.29, 0.717) is 12.8 Å². The van der Waals surface area contributed by atoms with Crippen LogP contribution in [0.3, 0.4) is 0 Å². The van der Waals surface area contributed by atoms with Gasteiger partial charge in [0.2, 0.25) is 6.54 Å². The highest BCUT2D eigenvalue weighted by Crippen LogP contribution is 2.19. The van der Waals surface area contributed by atoms with Crippen molar-refractivity contribution < 1.29 is 19.6 Å². The van der Waals surface area contributed by atoms with Crippen molar-refractivity contribution in [3.8, 4) is 0 Å². The third-order valence-electron chi connectivity index (χ3n) is 3.53. The van der Waals surface area contributed by atoms with Crippen LogP contribution >= 0.6 is 0 Å². The van der Waals surface area contributed by atoms with E-state index in [1.54, 1.807) is 0 Å². The standard InChI is InChI=1S/C14H18N2O5/c17-13(18)12(7-6-11-4-2-1-3-5-11)15-14(8-16(19)20)9-21-10-14/h1-5,12,15H,6-10H2,(H,17,18)/t12-/m0/s1. The van der Waals surface area contributed by atoms with Gasteiger partial charge in [0, 0.05) is 4.92 Å². The van der Waals surface area contributed by atoms with Crippen LogP contribution in [-0.4, -0.2) is 47.3 Å². The number of rotatable bonds is 8. The Kier molecular flexibility index (Phi) is 4.87. The Morgan fingerprint density at radius 1 is 1.43 bits per heavy atom. The Hall–Kier alpha value is -1.99. The molecule has 7 heteroatoms. The molecule has 2 N–H and O–H groups in total. The molecule has 0 spiro atoms. The zero-order valence-corrected chi connectivity index (χ0v) is 11.5. The fourth-order valence-corrected chi connectivity index (χ4v) is 2.40. The van der Waals surface area contributed by atoms with Gasteiger partial charge in [-0.1, -0.05) is 30.3 Å². The minimum Gasteiger partial charge on any atom is -0.480 e. The molecule has 1 aromatic rings. The molecular formula is C14H18N2O5. The van der Waals surface area contributed by atoms with Gasteiger partial charge in [-0.2, -0.15) is 0 Å². The van der Waals surface area contributed by atoms with Crippen LogP contribution in [0.2, 0.25) is 0 Å². The van der Waals surface area contributed by atoms with Gasteiger partial charge in [-0.3, -0.25) is 20.2 Å². The summed E-state index contributed by atoms with van der Waals surface area (Å²) in [6.07, 6.45) is 0.971. The van der Waals surface area contributed by atoms with Crippen molar-refractivity contribution >= 4 is 5.97 Å². The Bertz CT molecular complexity index is 501. The molecule has 0 saturated carbocycles. The fourth-order valence-electron chi connectivity index (χ4n) is 2.40. The lowest BCUT2D eigenvalue weighted by atomic mass is 9.94. The molecule has 1 aliphatic heterocycles. The van der Waals surface area contributed by atoms with Crippen LogP contribution in [0.25, 0.3) is 0 Å². The highest BCUT2D eigenvalue weighted by Gasteiger charge is 2.46. The molecule has 1 aliphatic rings. The minimum atomic E-state index is -0.999. The van der Waals surface area contributed by atoms with Crippen LogP contribution in [-0.2, 0) is 16.0 Å². The zero-order chi connectivity index (χ0) is 15.3. The molecule has 114 valence electrons. The van der Waals surface area contributed by atoms with Gasteiger partial charge in [-0.05, 0) is 18.4 Å². The number of ether oxygens (including phenoxy) is 1. The van der Waals surface area contributed by atoms with E-state index in [1.165, 1.54) is 0 Å². The molecular weight excluding hydrogens is 276 g/mol. The van der Waals surface area contributed by atoms with Gasteiger partial charge in [0.25, 0.3) is 0 Å². The highest BCUT2D eigenvalue weighted by atomic mass is 16.6. The minimum absolute atomic E-state index is 0.170. The molecule has 0 unspecified atom stereocenters. The largest absolute Gasteiger partial charge is 0.480 e. The highest BCUT2D eigenvalue weighted by molar-refractivity contribution is 5.73. The van der Waals surface area contributed by atoms with Crippen LogP contribution in [0.1, 0.15) is 12.0 Å². The second-order valence-corrected chi connectivity index (χ2v) is 5.32. The topological polar surface area (TPSA) is 102 Å². The molecule has 2 rings (SSSR count). The van der Waals surface area contributed by atoms with Gasteiger partial charge in [-0.15, -0.1) is 0 Å². The van der Waals surface area contributed by atoms with Gasteiger partial charge >= 0.3 is 5.97 Å². The number of hydrogen-bond acceptors (Lipinski definition) is 5. The number of nitrogens with one attached hydrogen (secondary N) is 1. The average Bonchev–Trinajstić information content (AvgIpc) is 2.40. The summed E-state index contributed by atoms with van der Waals surface area (Å²) in [4.78, 5) is 21.6. The average molecular weight is 294 g/mol. The van der Waals surface area contributed by atoms with E-state index in [-0.39, 0.29) is 19.8 Å². The van der Waals surface area contributed by atoms with E-state index >= 15 is 0 Å². The summed E-state index contributed by atoms with van der Waals surface area (Å²) < 4.78 is 5.02. The lowest BCUT2D eigenvalue weighted by molar-refractivity contribution is -0.498. The number of carboxylic acid groups (broad SMARTS) is 1. The monoisotopic (exact) mass is 294 g/mol. The van der Waals surface area contributed by atoms with Crippen molar-refractivity contribution in [1.29, 1.82) is 0 Å². The Morgan fingerprint density at radius 3 is 2.57 bits per heavy atom. The van der Waals surface area contributed by atoms with Gasteiger partial charge in [0.1, 0.15) is 11.6 Å². The van der Waals surface area contributed by atoms with Crippen molar-refractivity contribution in [3.63, 3.8) is 0 Å². The van der Waals surface area contributed by atoms with Gasteiger partial charge in [0.15, 0.2) is 0 Å². The number of hydrogen-bond donors (Lipinski definition) is 2. The first-order valence-corrected chi connectivity index (χ1v) is 6.75. The Morgan fingerprint density at radius 2 is 2.10 bits per heavy atom. The number of nitrogens with zero attached hydrogens (tertiary/aromatic N) is 1. The number of nitro groups is 1. The molecule has 1 aromatic carbocycles. The summed E-state index contributed by atoms with van der Waals surface area (Å²) in [7, 11) is 0. The van der Waals surface area contributed by atoms with E-state index in [2.05, 4.69) is 5.32 Å². The second-order valence-electron chi connectivity index (χ2n) is 5.32. The third kappa shape index (κ3) is 4.24. The molecule has 1 heterocycles. The predicted molar refractivity (Wildman–Crippen MR) is 74.7 cm³/mol. The molecule has 1 atom stereocenters. The summed E-state index contributed by atoms with van der Waals surface area (Å²) >= 11 is 0. The lowest BCUT2D eigenvalue weighted by Crippen LogP contribution is -2.67. The summed E-state index contributed by atoms with van der Waals surface area (Å²) in [6, 6.07) is 8.72. The van der Waals surface area contributed by atoms with Crippen LogP contribution in [0.5, 0.6) is 0 Å². The van der Waals surface area contributed by atoms with Crippen molar-refractivity contribution in [2.45, 2.75) is 24.4 Å². The first-order chi connectivity index (χ1) is 10.0. The maximum Gasteiger partial charge on any atom is 0.320 e. The normalized spacial score (nSPS) is 17.7. The van der Waals surface area contributed by atoms with Gasteiger partial charge < -0.3 is 9.84 Å². The fraction of sp³-hybridized carbons (Fsp3) is 0.500. The third-order valence-corrected chi connectivity index (χ3v) is 3.53. The van der Waals surface area contributed by atoms with E-state index in [4.69, 9.17) is 4.74 Å². The van der Waals surface area contributed by atoms with Crippen molar-refractivity contribution in [2.24, 2.45) is 0 Å². The smallest absolute Gasteiger partial charge is 0.320 e. The molecule has 1 saturated heterocycles. The molecule has 0 amide bonds. The summed E-state index contributed by atoms with van der Waals surface area (Å²) in [5.41, 5.74) is 0.183. The molecule has 21 heavy (non-hydrogen) atoms. The number of benzene rings is 1. The lowest BCUT2D eigenvalue weighted by Gasteiger charge is -2.40. The van der Waals surface area contributed by atoms with E-state index in [1.807, 2.05) is 30.3 Å². The zero-order valence-electron chi connectivity index (χ0n) is 11.5. The number of carboxylic acids is 1.